The van der Waals surface area contributed by atoms with Crippen molar-refractivity contribution in [1.29, 1.82) is 0 Å². The molecule has 0 aliphatic rings. The number of benzene rings is 2. The number of rotatable bonds is 7. The predicted octanol–water partition coefficient (Wildman–Crippen LogP) is 4.30. The predicted molar refractivity (Wildman–Crippen MR) is 106 cm³/mol. The van der Waals surface area contributed by atoms with Gasteiger partial charge in [-0.3, -0.25) is 0 Å². The van der Waals surface area contributed by atoms with Crippen LogP contribution in [0.15, 0.2) is 48.8 Å². The fourth-order valence-electron chi connectivity index (χ4n) is 2.60. The van der Waals surface area contributed by atoms with E-state index in [1.807, 2.05) is 43.3 Å². The summed E-state index contributed by atoms with van der Waals surface area (Å²) >= 11 is 0. The van der Waals surface area contributed by atoms with E-state index in [-0.39, 0.29) is 0 Å². The molecule has 0 radical (unpaired) electrons. The smallest absolute Gasteiger partial charge is 0.142 e. The molecule has 0 bridgehead atoms. The number of hydrogen-bond acceptors (Lipinski definition) is 7. The van der Waals surface area contributed by atoms with E-state index in [0.717, 1.165) is 28.4 Å². The van der Waals surface area contributed by atoms with Crippen LogP contribution >= 0.6 is 0 Å². The molecule has 0 amide bonds. The molecular weight excluding hydrogens is 344 g/mol. The molecule has 27 heavy (non-hydrogen) atoms. The molecule has 2 aromatic carbocycles. The van der Waals surface area contributed by atoms with Crippen LogP contribution in [-0.2, 0) is 0 Å². The second-order valence-corrected chi connectivity index (χ2v) is 5.81. The van der Waals surface area contributed by atoms with Crippen LogP contribution in [0.25, 0.3) is 0 Å². The molecule has 1 heterocycles. The number of aromatic nitrogens is 2. The van der Waals surface area contributed by atoms with E-state index >= 15 is 0 Å². The number of nitrogens with zero attached hydrogens (tertiary/aromatic N) is 2. The fourth-order valence-corrected chi connectivity index (χ4v) is 2.60. The van der Waals surface area contributed by atoms with Gasteiger partial charge in [0.05, 0.1) is 32.7 Å². The molecule has 0 aliphatic carbocycles. The minimum absolute atomic E-state index is 0.616. The Balaban J connectivity index is 1.86. The average Bonchev–Trinajstić information content (AvgIpc) is 2.68. The van der Waals surface area contributed by atoms with Gasteiger partial charge in [-0.15, -0.1) is 0 Å². The summed E-state index contributed by atoms with van der Waals surface area (Å²) in [5.74, 6) is 3.39. The second kappa shape index (κ2) is 8.27. The Morgan fingerprint density at radius 2 is 1.30 bits per heavy atom. The van der Waals surface area contributed by atoms with Crippen LogP contribution in [0.5, 0.6) is 17.2 Å². The van der Waals surface area contributed by atoms with Gasteiger partial charge in [0, 0.05) is 12.1 Å². The Kier molecular flexibility index (Phi) is 5.61. The highest BCUT2D eigenvalue weighted by atomic mass is 16.5. The van der Waals surface area contributed by atoms with Gasteiger partial charge in [-0.05, 0) is 36.8 Å². The maximum absolute atomic E-state index is 5.40. The maximum atomic E-state index is 5.40. The largest absolute Gasteiger partial charge is 0.497 e. The molecule has 0 atom stereocenters. The van der Waals surface area contributed by atoms with Gasteiger partial charge in [0.1, 0.15) is 35.2 Å². The number of methoxy groups -OCH3 is 3. The quantitative estimate of drug-likeness (QED) is 0.645. The number of anilines is 4. The van der Waals surface area contributed by atoms with Gasteiger partial charge >= 0.3 is 0 Å². The van der Waals surface area contributed by atoms with E-state index < -0.39 is 0 Å². The zero-order valence-corrected chi connectivity index (χ0v) is 15.7. The van der Waals surface area contributed by atoms with Crippen LogP contribution in [0.2, 0.25) is 0 Å². The third-order valence-corrected chi connectivity index (χ3v) is 3.95. The molecule has 0 unspecified atom stereocenters. The Bertz CT molecular complexity index is 931. The van der Waals surface area contributed by atoms with Crippen LogP contribution in [0, 0.1) is 6.92 Å². The normalized spacial score (nSPS) is 10.2. The summed E-state index contributed by atoms with van der Waals surface area (Å²) in [6, 6.07) is 13.2. The molecule has 3 rings (SSSR count). The first-order valence-corrected chi connectivity index (χ1v) is 8.35. The zero-order chi connectivity index (χ0) is 19.2. The lowest BCUT2D eigenvalue weighted by molar-refractivity contribution is 0.405. The van der Waals surface area contributed by atoms with Gasteiger partial charge in [0.25, 0.3) is 0 Å². The molecule has 0 fully saturated rings. The summed E-state index contributed by atoms with van der Waals surface area (Å²) in [6.07, 6.45) is 1.49. The first-order chi connectivity index (χ1) is 13.1. The van der Waals surface area contributed by atoms with Crippen LogP contribution < -0.4 is 24.8 Å². The van der Waals surface area contributed by atoms with Crippen molar-refractivity contribution < 1.29 is 14.2 Å². The molecule has 0 aliphatic heterocycles. The molecule has 0 saturated heterocycles. The second-order valence-electron chi connectivity index (χ2n) is 5.81. The maximum Gasteiger partial charge on any atom is 0.142 e. The summed E-state index contributed by atoms with van der Waals surface area (Å²) < 4.78 is 16.1. The molecule has 2 N–H and O–H groups in total. The van der Waals surface area contributed by atoms with E-state index in [1.165, 1.54) is 6.33 Å². The minimum atomic E-state index is 0.616. The Morgan fingerprint density at radius 1 is 0.704 bits per heavy atom. The molecule has 140 valence electrons. The molecule has 0 spiro atoms. The summed E-state index contributed by atoms with van der Waals surface area (Å²) in [4.78, 5) is 8.56. The van der Waals surface area contributed by atoms with Crippen molar-refractivity contribution in [3.05, 3.63) is 54.4 Å². The monoisotopic (exact) mass is 366 g/mol. The number of nitrogens with one attached hydrogen (secondary N) is 2. The van der Waals surface area contributed by atoms with Crippen molar-refractivity contribution in [3.8, 4) is 17.2 Å². The van der Waals surface area contributed by atoms with E-state index in [0.29, 0.717) is 17.4 Å². The zero-order valence-electron chi connectivity index (χ0n) is 15.7. The van der Waals surface area contributed by atoms with Crippen molar-refractivity contribution in [2.75, 3.05) is 32.0 Å². The Hall–Kier alpha value is -3.48. The highest BCUT2D eigenvalue weighted by molar-refractivity contribution is 5.70. The van der Waals surface area contributed by atoms with Gasteiger partial charge in [-0.1, -0.05) is 6.07 Å². The summed E-state index contributed by atoms with van der Waals surface area (Å²) in [5, 5.41) is 6.51. The number of aryl methyl sites for hydroxylation is 1. The topological polar surface area (TPSA) is 77.5 Å². The van der Waals surface area contributed by atoms with Crippen molar-refractivity contribution in [2.24, 2.45) is 0 Å². The lowest BCUT2D eigenvalue weighted by Gasteiger charge is -2.14. The standard InChI is InChI=1S/C20H22N4O3/c1-13-5-7-17(26-3)15(9-13)23-19-11-20(22-12-21-19)24-16-10-14(25-2)6-8-18(16)27-4/h5-12H,1-4H3,(H2,21,22,23,24). The van der Waals surface area contributed by atoms with Crippen molar-refractivity contribution in [3.63, 3.8) is 0 Å². The molecular formula is C20H22N4O3. The summed E-state index contributed by atoms with van der Waals surface area (Å²) in [7, 11) is 4.87. The van der Waals surface area contributed by atoms with Gasteiger partial charge < -0.3 is 24.8 Å². The van der Waals surface area contributed by atoms with Gasteiger partial charge in [-0.2, -0.15) is 0 Å². The van der Waals surface area contributed by atoms with Gasteiger partial charge in [0.2, 0.25) is 0 Å². The lowest BCUT2D eigenvalue weighted by Crippen LogP contribution is -2.01. The molecule has 0 saturated carbocycles. The molecule has 7 heteroatoms. The third kappa shape index (κ3) is 4.38. The number of hydrogen-bond donors (Lipinski definition) is 2. The van der Waals surface area contributed by atoms with Crippen molar-refractivity contribution in [2.45, 2.75) is 6.92 Å². The van der Waals surface area contributed by atoms with Crippen LogP contribution in [0.1, 0.15) is 5.56 Å². The van der Waals surface area contributed by atoms with Crippen LogP contribution in [0.4, 0.5) is 23.0 Å². The van der Waals surface area contributed by atoms with Crippen molar-refractivity contribution >= 4 is 23.0 Å². The first kappa shape index (κ1) is 18.3. The average molecular weight is 366 g/mol. The van der Waals surface area contributed by atoms with Crippen LogP contribution in [-0.4, -0.2) is 31.3 Å². The minimum Gasteiger partial charge on any atom is -0.497 e. The number of ether oxygens (including phenoxy) is 3. The Labute approximate surface area is 158 Å². The van der Waals surface area contributed by atoms with E-state index in [4.69, 9.17) is 14.2 Å². The SMILES string of the molecule is COc1ccc(OC)c(Nc2cc(Nc3cc(C)ccc3OC)ncn2)c1. The van der Waals surface area contributed by atoms with Crippen LogP contribution in [0.3, 0.4) is 0 Å². The molecule has 3 aromatic rings. The summed E-state index contributed by atoms with van der Waals surface area (Å²) in [6.45, 7) is 2.02. The fraction of sp³-hybridized carbons (Fsp3) is 0.200. The third-order valence-electron chi connectivity index (χ3n) is 3.95. The highest BCUT2D eigenvalue weighted by Gasteiger charge is 2.09. The Morgan fingerprint density at radius 3 is 1.89 bits per heavy atom. The van der Waals surface area contributed by atoms with Crippen molar-refractivity contribution in [1.82, 2.24) is 9.97 Å². The van der Waals surface area contributed by atoms with Gasteiger partial charge in [0.15, 0.2) is 0 Å². The van der Waals surface area contributed by atoms with Gasteiger partial charge in [-0.25, -0.2) is 9.97 Å². The highest BCUT2D eigenvalue weighted by Crippen LogP contribution is 2.32. The van der Waals surface area contributed by atoms with E-state index in [9.17, 15) is 0 Å². The first-order valence-electron chi connectivity index (χ1n) is 8.35. The lowest BCUT2D eigenvalue weighted by atomic mass is 10.2. The van der Waals surface area contributed by atoms with E-state index in [2.05, 4.69) is 20.6 Å². The summed E-state index contributed by atoms with van der Waals surface area (Å²) in [5.41, 5.74) is 2.70. The van der Waals surface area contributed by atoms with E-state index in [1.54, 1.807) is 27.4 Å². The molecule has 1 aromatic heterocycles. The molecule has 7 nitrogen and oxygen atoms in total.